The molecule has 3 heterocycles. The zero-order valence-electron chi connectivity index (χ0n) is 11.5. The Bertz CT molecular complexity index is 631. The Hall–Kier alpha value is -1.82. The number of rotatable bonds is 3. The zero-order chi connectivity index (χ0) is 14.1. The quantitative estimate of drug-likeness (QED) is 0.910. The Morgan fingerprint density at radius 3 is 3.25 bits per heavy atom. The molecule has 3 rings (SSSR count). The number of hydrogen-bond acceptors (Lipinski definition) is 4. The lowest BCUT2D eigenvalue weighted by Gasteiger charge is -2.26. The summed E-state index contributed by atoms with van der Waals surface area (Å²) in [7, 11) is 0. The van der Waals surface area contributed by atoms with Crippen LogP contribution in [0.25, 0.3) is 0 Å². The van der Waals surface area contributed by atoms with Crippen molar-refractivity contribution >= 4 is 22.9 Å². The fourth-order valence-corrected chi connectivity index (χ4v) is 3.45. The molecule has 2 aromatic heterocycles. The molecule has 0 fully saturated rings. The lowest BCUT2D eigenvalue weighted by molar-refractivity contribution is 0.0731. The van der Waals surface area contributed by atoms with Crippen molar-refractivity contribution < 1.29 is 4.79 Å². The maximum absolute atomic E-state index is 12.5. The normalized spacial score (nSPS) is 14.3. The number of nitrogens with one attached hydrogen (secondary N) is 1. The SMILES string of the molecule is CCCc1[nH]nc(C(=O)N2CCc3sccc3C2)c1N. The Labute approximate surface area is 121 Å². The number of nitrogens with zero attached hydrogens (tertiary/aromatic N) is 2. The summed E-state index contributed by atoms with van der Waals surface area (Å²) in [6, 6.07) is 2.09. The van der Waals surface area contributed by atoms with Crippen LogP contribution in [0.2, 0.25) is 0 Å². The van der Waals surface area contributed by atoms with Crippen molar-refractivity contribution in [2.45, 2.75) is 32.7 Å². The second-order valence-electron chi connectivity index (χ2n) is 5.06. The number of H-pyrrole nitrogens is 1. The molecule has 0 aromatic carbocycles. The van der Waals surface area contributed by atoms with Crippen molar-refractivity contribution in [3.05, 3.63) is 33.3 Å². The number of amides is 1. The van der Waals surface area contributed by atoms with E-state index in [9.17, 15) is 4.79 Å². The van der Waals surface area contributed by atoms with Crippen molar-refractivity contribution in [2.75, 3.05) is 12.3 Å². The Morgan fingerprint density at radius 1 is 1.60 bits per heavy atom. The van der Waals surface area contributed by atoms with E-state index in [0.29, 0.717) is 17.9 Å². The summed E-state index contributed by atoms with van der Waals surface area (Å²) >= 11 is 1.76. The lowest BCUT2D eigenvalue weighted by atomic mass is 10.1. The number of hydrogen-bond donors (Lipinski definition) is 2. The van der Waals surface area contributed by atoms with Gasteiger partial charge in [0.1, 0.15) is 0 Å². The van der Waals surface area contributed by atoms with Gasteiger partial charge in [0.25, 0.3) is 5.91 Å². The molecule has 0 saturated heterocycles. The average Bonchev–Trinajstić information content (AvgIpc) is 3.05. The largest absolute Gasteiger partial charge is 0.395 e. The second kappa shape index (κ2) is 5.28. The van der Waals surface area contributed by atoms with Crippen LogP contribution in [0.4, 0.5) is 5.69 Å². The van der Waals surface area contributed by atoms with Crippen molar-refractivity contribution in [1.29, 1.82) is 0 Å². The van der Waals surface area contributed by atoms with Gasteiger partial charge < -0.3 is 10.6 Å². The van der Waals surface area contributed by atoms with E-state index in [1.165, 1.54) is 10.4 Å². The highest BCUT2D eigenvalue weighted by molar-refractivity contribution is 7.10. The minimum Gasteiger partial charge on any atom is -0.395 e. The molecule has 0 bridgehead atoms. The van der Waals surface area contributed by atoms with Gasteiger partial charge >= 0.3 is 0 Å². The number of thiophene rings is 1. The summed E-state index contributed by atoms with van der Waals surface area (Å²) in [6.07, 6.45) is 2.72. The van der Waals surface area contributed by atoms with Gasteiger partial charge in [-0.25, -0.2) is 0 Å². The van der Waals surface area contributed by atoms with E-state index in [0.717, 1.165) is 31.5 Å². The molecule has 106 valence electrons. The van der Waals surface area contributed by atoms with Crippen LogP contribution in [-0.2, 0) is 19.4 Å². The summed E-state index contributed by atoms with van der Waals surface area (Å²) in [6.45, 7) is 3.47. The summed E-state index contributed by atoms with van der Waals surface area (Å²) in [4.78, 5) is 15.8. The van der Waals surface area contributed by atoms with Crippen LogP contribution >= 0.6 is 11.3 Å². The summed E-state index contributed by atoms with van der Waals surface area (Å²) < 4.78 is 0. The van der Waals surface area contributed by atoms with E-state index in [4.69, 9.17) is 5.73 Å². The molecular weight excluding hydrogens is 272 g/mol. The fraction of sp³-hybridized carbons (Fsp3) is 0.429. The number of fused-ring (bicyclic) bond motifs is 1. The first-order valence-electron chi connectivity index (χ1n) is 6.88. The van der Waals surface area contributed by atoms with Gasteiger partial charge in [0, 0.05) is 18.0 Å². The molecule has 0 radical (unpaired) electrons. The van der Waals surface area contributed by atoms with Crippen LogP contribution < -0.4 is 5.73 Å². The van der Waals surface area contributed by atoms with Crippen LogP contribution in [0, 0.1) is 0 Å². The lowest BCUT2D eigenvalue weighted by Crippen LogP contribution is -2.35. The van der Waals surface area contributed by atoms with E-state index in [-0.39, 0.29) is 5.91 Å². The first kappa shape index (κ1) is 13.2. The van der Waals surface area contributed by atoms with Crippen LogP contribution in [-0.4, -0.2) is 27.5 Å². The first-order chi connectivity index (χ1) is 9.70. The number of aromatic nitrogens is 2. The van der Waals surface area contributed by atoms with Crippen molar-refractivity contribution in [1.82, 2.24) is 15.1 Å². The van der Waals surface area contributed by atoms with E-state index in [1.54, 1.807) is 11.3 Å². The minimum absolute atomic E-state index is 0.0713. The van der Waals surface area contributed by atoms with Crippen molar-refractivity contribution in [3.8, 4) is 0 Å². The van der Waals surface area contributed by atoms with E-state index in [2.05, 4.69) is 28.6 Å². The molecule has 1 amide bonds. The smallest absolute Gasteiger partial charge is 0.276 e. The third kappa shape index (κ3) is 2.20. The highest BCUT2D eigenvalue weighted by Gasteiger charge is 2.26. The standard InChI is InChI=1S/C14H18N4OS/c1-2-3-10-12(15)13(17-16-10)14(19)18-6-4-11-9(8-18)5-7-20-11/h5,7H,2-4,6,8,15H2,1H3,(H,16,17). The van der Waals surface area contributed by atoms with Gasteiger partial charge in [-0.1, -0.05) is 13.3 Å². The summed E-state index contributed by atoms with van der Waals surface area (Å²) in [5, 5.41) is 9.09. The third-order valence-electron chi connectivity index (χ3n) is 3.68. The molecule has 1 aliphatic heterocycles. The number of nitrogens with two attached hydrogens (primary N) is 1. The van der Waals surface area contributed by atoms with Crippen molar-refractivity contribution in [2.24, 2.45) is 0 Å². The van der Waals surface area contributed by atoms with Gasteiger partial charge in [0.2, 0.25) is 0 Å². The number of anilines is 1. The molecule has 1 aliphatic rings. The van der Waals surface area contributed by atoms with Gasteiger partial charge in [-0.3, -0.25) is 9.89 Å². The molecule has 3 N–H and O–H groups in total. The van der Waals surface area contributed by atoms with Crippen LogP contribution in [0.1, 0.15) is 40.0 Å². The Kier molecular flexibility index (Phi) is 3.48. The number of carbonyl (C=O) groups excluding carboxylic acids is 1. The molecule has 0 aliphatic carbocycles. The number of nitrogen functional groups attached to an aromatic ring is 1. The maximum atomic E-state index is 12.5. The molecule has 20 heavy (non-hydrogen) atoms. The Balaban J connectivity index is 1.80. The third-order valence-corrected chi connectivity index (χ3v) is 4.70. The summed E-state index contributed by atoms with van der Waals surface area (Å²) in [5.74, 6) is -0.0713. The zero-order valence-corrected chi connectivity index (χ0v) is 12.3. The molecule has 0 unspecified atom stereocenters. The van der Waals surface area contributed by atoms with E-state index in [1.807, 2.05) is 4.90 Å². The van der Waals surface area contributed by atoms with E-state index < -0.39 is 0 Å². The highest BCUT2D eigenvalue weighted by Crippen LogP contribution is 2.26. The molecule has 0 atom stereocenters. The number of aromatic amines is 1. The van der Waals surface area contributed by atoms with Crippen LogP contribution in [0.5, 0.6) is 0 Å². The molecule has 0 saturated carbocycles. The van der Waals surface area contributed by atoms with Crippen molar-refractivity contribution in [3.63, 3.8) is 0 Å². The van der Waals surface area contributed by atoms with Gasteiger partial charge in [-0.15, -0.1) is 11.3 Å². The predicted octanol–water partition coefficient (Wildman–Crippen LogP) is 2.20. The van der Waals surface area contributed by atoms with Gasteiger partial charge in [-0.2, -0.15) is 5.10 Å². The monoisotopic (exact) mass is 290 g/mol. The second-order valence-corrected chi connectivity index (χ2v) is 6.06. The molecule has 0 spiro atoms. The maximum Gasteiger partial charge on any atom is 0.276 e. The van der Waals surface area contributed by atoms with Crippen LogP contribution in [0.3, 0.4) is 0 Å². The first-order valence-corrected chi connectivity index (χ1v) is 7.76. The number of aryl methyl sites for hydroxylation is 1. The fourth-order valence-electron chi connectivity index (χ4n) is 2.56. The van der Waals surface area contributed by atoms with E-state index >= 15 is 0 Å². The molecule has 5 nitrogen and oxygen atoms in total. The molecular formula is C14H18N4OS. The summed E-state index contributed by atoms with van der Waals surface area (Å²) in [5.41, 5.74) is 9.02. The van der Waals surface area contributed by atoms with Crippen LogP contribution in [0.15, 0.2) is 11.4 Å². The average molecular weight is 290 g/mol. The predicted molar refractivity (Wildman–Crippen MR) is 79.8 cm³/mol. The van der Waals surface area contributed by atoms with Gasteiger partial charge in [0.05, 0.1) is 11.4 Å². The van der Waals surface area contributed by atoms with Gasteiger partial charge in [-0.05, 0) is 29.9 Å². The molecule has 6 heteroatoms. The Morgan fingerprint density at radius 2 is 2.45 bits per heavy atom. The topological polar surface area (TPSA) is 75.0 Å². The highest BCUT2D eigenvalue weighted by atomic mass is 32.1. The molecule has 2 aromatic rings. The van der Waals surface area contributed by atoms with Gasteiger partial charge in [0.15, 0.2) is 5.69 Å². The minimum atomic E-state index is -0.0713. The number of carbonyl (C=O) groups is 1.